The Morgan fingerprint density at radius 3 is 2.69 bits per heavy atom. The predicted molar refractivity (Wildman–Crippen MR) is 119 cm³/mol. The molecule has 0 unspecified atom stereocenters. The third-order valence-electron chi connectivity index (χ3n) is 5.17. The second-order valence-corrected chi connectivity index (χ2v) is 9.53. The number of nitrogens with one attached hydrogen (secondary N) is 1. The Morgan fingerprint density at radius 1 is 1.14 bits per heavy atom. The van der Waals surface area contributed by atoms with Gasteiger partial charge in [-0.2, -0.15) is 0 Å². The average Bonchev–Trinajstić information content (AvgIpc) is 3.37. The fourth-order valence-corrected chi connectivity index (χ4v) is 5.30. The molecule has 1 fully saturated rings. The number of hydrogen-bond donors (Lipinski definition) is 1. The molecule has 1 saturated carbocycles. The Labute approximate surface area is 176 Å². The first-order valence-corrected chi connectivity index (χ1v) is 11.3. The maximum absolute atomic E-state index is 13.0. The molecule has 0 bridgehead atoms. The molecule has 4 aromatic rings. The quantitative estimate of drug-likeness (QED) is 0.448. The van der Waals surface area contributed by atoms with E-state index >= 15 is 0 Å². The predicted octanol–water partition coefficient (Wildman–Crippen LogP) is 5.87. The number of nitrogens with zero attached hydrogens (tertiary/aromatic N) is 3. The number of anilines is 1. The van der Waals surface area contributed by atoms with E-state index in [1.807, 2.05) is 50.4 Å². The van der Waals surface area contributed by atoms with Gasteiger partial charge in [0.15, 0.2) is 0 Å². The van der Waals surface area contributed by atoms with Gasteiger partial charge in [0, 0.05) is 27.9 Å². The molecule has 1 N–H and O–H groups in total. The zero-order chi connectivity index (χ0) is 20.1. The summed E-state index contributed by atoms with van der Waals surface area (Å²) < 4.78 is 0. The molecule has 0 spiro atoms. The van der Waals surface area contributed by atoms with Gasteiger partial charge >= 0.3 is 0 Å². The van der Waals surface area contributed by atoms with Crippen LogP contribution in [0.3, 0.4) is 0 Å². The minimum absolute atomic E-state index is 0.107. The first-order valence-electron chi connectivity index (χ1n) is 9.61. The van der Waals surface area contributed by atoms with Crippen molar-refractivity contribution in [3.8, 4) is 11.3 Å². The van der Waals surface area contributed by atoms with Gasteiger partial charge in [0.25, 0.3) is 5.91 Å². The van der Waals surface area contributed by atoms with Crippen LogP contribution in [0, 0.1) is 20.8 Å². The molecule has 1 aliphatic carbocycles. The number of fused-ring (bicyclic) bond motifs is 1. The van der Waals surface area contributed by atoms with Crippen LogP contribution in [0.25, 0.3) is 21.5 Å². The summed E-state index contributed by atoms with van der Waals surface area (Å²) in [5.41, 5.74) is 4.60. The fourth-order valence-electron chi connectivity index (χ4n) is 3.54. The van der Waals surface area contributed by atoms with Crippen molar-refractivity contribution in [3.05, 3.63) is 56.6 Å². The smallest absolute Gasteiger partial charge is 0.266 e. The van der Waals surface area contributed by atoms with E-state index in [1.165, 1.54) is 11.3 Å². The van der Waals surface area contributed by atoms with Gasteiger partial charge in [0.1, 0.15) is 10.7 Å². The lowest BCUT2D eigenvalue weighted by Crippen LogP contribution is -2.11. The lowest BCUT2D eigenvalue weighted by Gasteiger charge is -2.06. The molecule has 3 heterocycles. The molecule has 1 amide bonds. The van der Waals surface area contributed by atoms with Crippen molar-refractivity contribution in [1.82, 2.24) is 15.0 Å². The van der Waals surface area contributed by atoms with Crippen LogP contribution in [-0.2, 0) is 0 Å². The van der Waals surface area contributed by atoms with Crippen LogP contribution in [-0.4, -0.2) is 20.9 Å². The second kappa shape index (κ2) is 7.00. The Morgan fingerprint density at radius 2 is 1.97 bits per heavy atom. The van der Waals surface area contributed by atoms with Crippen molar-refractivity contribution in [3.63, 3.8) is 0 Å². The maximum atomic E-state index is 13.0. The highest BCUT2D eigenvalue weighted by Crippen LogP contribution is 2.40. The fraction of sp³-hybridized carbons (Fsp3) is 0.273. The summed E-state index contributed by atoms with van der Waals surface area (Å²) >= 11 is 3.07. The van der Waals surface area contributed by atoms with Crippen molar-refractivity contribution in [2.24, 2.45) is 0 Å². The summed E-state index contributed by atoms with van der Waals surface area (Å²) in [6, 6.07) is 7.81. The zero-order valence-electron chi connectivity index (χ0n) is 16.4. The third kappa shape index (κ3) is 3.45. The Kier molecular flexibility index (Phi) is 4.44. The molecule has 1 aliphatic rings. The van der Waals surface area contributed by atoms with E-state index in [4.69, 9.17) is 4.98 Å². The van der Waals surface area contributed by atoms with Gasteiger partial charge in [0.2, 0.25) is 0 Å². The number of rotatable bonds is 4. The van der Waals surface area contributed by atoms with Crippen LogP contribution in [0.15, 0.2) is 29.6 Å². The van der Waals surface area contributed by atoms with E-state index in [9.17, 15) is 4.79 Å². The monoisotopic (exact) mass is 420 g/mol. The topological polar surface area (TPSA) is 67.8 Å². The number of aromatic nitrogens is 3. The van der Waals surface area contributed by atoms with Crippen molar-refractivity contribution >= 4 is 44.5 Å². The molecule has 3 aromatic heterocycles. The van der Waals surface area contributed by atoms with Gasteiger partial charge in [-0.05, 0) is 51.3 Å². The van der Waals surface area contributed by atoms with Crippen molar-refractivity contribution < 1.29 is 4.79 Å². The number of thiazole rings is 1. The lowest BCUT2D eigenvalue weighted by molar-refractivity contribution is 0.103. The van der Waals surface area contributed by atoms with Crippen LogP contribution >= 0.6 is 22.7 Å². The highest BCUT2D eigenvalue weighted by atomic mass is 32.1. The molecule has 5 rings (SSSR count). The zero-order valence-corrected chi connectivity index (χ0v) is 18.1. The first-order chi connectivity index (χ1) is 14.0. The lowest BCUT2D eigenvalue weighted by atomic mass is 10.1. The molecule has 0 aliphatic heterocycles. The van der Waals surface area contributed by atoms with Crippen molar-refractivity contribution in [1.29, 1.82) is 0 Å². The third-order valence-corrected chi connectivity index (χ3v) is 7.13. The van der Waals surface area contributed by atoms with Gasteiger partial charge in [-0.25, -0.2) is 15.0 Å². The van der Waals surface area contributed by atoms with E-state index in [2.05, 4.69) is 15.3 Å². The number of amides is 1. The maximum Gasteiger partial charge on any atom is 0.266 e. The van der Waals surface area contributed by atoms with Crippen LogP contribution in [0.4, 0.5) is 5.69 Å². The number of carbonyl (C=O) groups excluding carboxylic acids is 1. The van der Waals surface area contributed by atoms with Gasteiger partial charge in [-0.3, -0.25) is 4.79 Å². The average molecular weight is 421 g/mol. The van der Waals surface area contributed by atoms with E-state index < -0.39 is 0 Å². The number of carbonyl (C=O) groups is 1. The number of benzene rings is 1. The Hall–Kier alpha value is -2.64. The van der Waals surface area contributed by atoms with Crippen molar-refractivity contribution in [2.45, 2.75) is 39.5 Å². The molecule has 0 saturated heterocycles. The summed E-state index contributed by atoms with van der Waals surface area (Å²) in [4.78, 5) is 28.6. The van der Waals surface area contributed by atoms with E-state index in [1.54, 1.807) is 11.3 Å². The summed E-state index contributed by atoms with van der Waals surface area (Å²) in [7, 11) is 0. The minimum Gasteiger partial charge on any atom is -0.321 e. The highest BCUT2D eigenvalue weighted by molar-refractivity contribution is 7.20. The van der Waals surface area contributed by atoms with E-state index in [-0.39, 0.29) is 5.91 Å². The Balaban J connectivity index is 1.46. The van der Waals surface area contributed by atoms with E-state index in [0.717, 1.165) is 62.1 Å². The molecule has 0 atom stereocenters. The summed E-state index contributed by atoms with van der Waals surface area (Å²) in [5.74, 6) is 1.31. The molecule has 0 radical (unpaired) electrons. The van der Waals surface area contributed by atoms with Crippen LogP contribution in [0.1, 0.15) is 50.5 Å². The normalized spacial score (nSPS) is 13.8. The van der Waals surface area contributed by atoms with Gasteiger partial charge in [0.05, 0.1) is 21.3 Å². The van der Waals surface area contributed by atoms with Gasteiger partial charge < -0.3 is 5.32 Å². The molecular formula is C22H20N4OS2. The van der Waals surface area contributed by atoms with Gasteiger partial charge in [-0.1, -0.05) is 12.1 Å². The van der Waals surface area contributed by atoms with Crippen LogP contribution in [0.2, 0.25) is 0 Å². The number of aryl methyl sites for hydroxylation is 3. The van der Waals surface area contributed by atoms with Crippen LogP contribution < -0.4 is 5.32 Å². The molecule has 5 nitrogen and oxygen atoms in total. The second-order valence-electron chi connectivity index (χ2n) is 7.46. The molecule has 146 valence electrons. The molecular weight excluding hydrogens is 400 g/mol. The first kappa shape index (κ1) is 18.4. The summed E-state index contributed by atoms with van der Waals surface area (Å²) in [6.07, 6.45) is 2.33. The SMILES string of the molecule is Cc1nc(-c2cccc(NC(=O)c3sc4nc(C5CC5)nc(C)c4c3C)c2)cs1. The number of thiophene rings is 1. The standard InChI is InChI=1S/C22H20N4OS2/c1-11-18-12(2)23-20(14-7-8-14)26-22(18)29-19(11)21(27)25-16-6-4-5-15(9-16)17-10-28-13(3)24-17/h4-6,9-10,14H,7-8H2,1-3H3,(H,25,27). The largest absolute Gasteiger partial charge is 0.321 e. The summed E-state index contributed by atoms with van der Waals surface area (Å²) in [5, 5.41) is 7.11. The number of hydrogen-bond acceptors (Lipinski definition) is 6. The van der Waals surface area contributed by atoms with Crippen molar-refractivity contribution in [2.75, 3.05) is 5.32 Å². The molecule has 1 aromatic carbocycles. The molecule has 7 heteroatoms. The van der Waals surface area contributed by atoms with Gasteiger partial charge in [-0.15, -0.1) is 22.7 Å². The van der Waals surface area contributed by atoms with Crippen LogP contribution in [0.5, 0.6) is 0 Å². The minimum atomic E-state index is -0.107. The summed E-state index contributed by atoms with van der Waals surface area (Å²) in [6.45, 7) is 5.98. The van der Waals surface area contributed by atoms with E-state index in [0.29, 0.717) is 10.8 Å². The molecule has 29 heavy (non-hydrogen) atoms. The highest BCUT2D eigenvalue weighted by Gasteiger charge is 2.28. The Bertz CT molecular complexity index is 1250.